The fourth-order valence-electron chi connectivity index (χ4n) is 2.76. The normalized spacial score (nSPS) is 16.0. The summed E-state index contributed by atoms with van der Waals surface area (Å²) in [6.07, 6.45) is -3.04. The molecule has 152 valence electrons. The molecule has 0 amide bonds. The fourth-order valence-corrected chi connectivity index (χ4v) is 3.93. The third kappa shape index (κ3) is 5.65. The third-order valence-electron chi connectivity index (χ3n) is 3.94. The topological polar surface area (TPSA) is 40.0 Å². The molecular weight excluding hydrogens is 441 g/mol. The number of nitrogens with zero attached hydrogens (tertiary/aromatic N) is 1. The SMILES string of the molecule is CC(C)(C)Cn1cc(C(N[S+]([O-])C(C)(C)C)C(F)(F)F)c2ccc(Br)cc21. The summed E-state index contributed by atoms with van der Waals surface area (Å²) in [6.45, 7) is 11.6. The molecule has 1 N–H and O–H groups in total. The summed E-state index contributed by atoms with van der Waals surface area (Å²) in [5.74, 6) is 0. The van der Waals surface area contributed by atoms with Crippen LogP contribution in [0.15, 0.2) is 28.9 Å². The Morgan fingerprint density at radius 1 is 1.15 bits per heavy atom. The van der Waals surface area contributed by atoms with Gasteiger partial charge >= 0.3 is 6.18 Å². The van der Waals surface area contributed by atoms with Crippen molar-refractivity contribution in [2.75, 3.05) is 0 Å². The van der Waals surface area contributed by atoms with Crippen molar-refractivity contribution in [2.24, 2.45) is 5.41 Å². The van der Waals surface area contributed by atoms with Gasteiger partial charge in [0.25, 0.3) is 0 Å². The molecule has 1 aromatic carbocycles. The second kappa shape index (κ2) is 7.61. The summed E-state index contributed by atoms with van der Waals surface area (Å²) >= 11 is 1.54. The summed E-state index contributed by atoms with van der Waals surface area (Å²) in [4.78, 5) is 0. The average molecular weight is 467 g/mol. The van der Waals surface area contributed by atoms with Gasteiger partial charge in [-0.1, -0.05) is 42.8 Å². The maximum atomic E-state index is 13.9. The average Bonchev–Trinajstić information content (AvgIpc) is 2.78. The van der Waals surface area contributed by atoms with Gasteiger partial charge in [-0.25, -0.2) is 0 Å². The molecule has 0 fully saturated rings. The first kappa shape index (κ1) is 22.6. The second-order valence-electron chi connectivity index (χ2n) is 8.91. The molecule has 0 bridgehead atoms. The number of rotatable bonds is 4. The number of nitrogens with one attached hydrogen (secondary N) is 1. The van der Waals surface area contributed by atoms with Crippen LogP contribution in [0.3, 0.4) is 0 Å². The van der Waals surface area contributed by atoms with Crippen molar-refractivity contribution >= 4 is 38.2 Å². The van der Waals surface area contributed by atoms with E-state index in [0.29, 0.717) is 17.4 Å². The van der Waals surface area contributed by atoms with Crippen molar-refractivity contribution in [1.29, 1.82) is 0 Å². The lowest BCUT2D eigenvalue weighted by molar-refractivity contribution is -0.152. The Morgan fingerprint density at radius 3 is 2.22 bits per heavy atom. The number of hydrogen-bond acceptors (Lipinski definition) is 2. The molecule has 8 heteroatoms. The van der Waals surface area contributed by atoms with Crippen LogP contribution < -0.4 is 4.72 Å². The maximum absolute atomic E-state index is 13.9. The van der Waals surface area contributed by atoms with Crippen molar-refractivity contribution in [3.63, 3.8) is 0 Å². The predicted molar refractivity (Wildman–Crippen MR) is 109 cm³/mol. The van der Waals surface area contributed by atoms with Crippen LogP contribution in [0.1, 0.15) is 53.1 Å². The Kier molecular flexibility index (Phi) is 6.37. The van der Waals surface area contributed by atoms with Gasteiger partial charge in [0, 0.05) is 45.0 Å². The molecule has 3 nitrogen and oxygen atoms in total. The van der Waals surface area contributed by atoms with Crippen LogP contribution in [0.2, 0.25) is 0 Å². The monoisotopic (exact) mass is 466 g/mol. The minimum absolute atomic E-state index is 0.0897. The van der Waals surface area contributed by atoms with Gasteiger partial charge in [0.1, 0.15) is 4.75 Å². The van der Waals surface area contributed by atoms with Gasteiger partial charge in [-0.2, -0.15) is 13.2 Å². The number of halogens is 4. The summed E-state index contributed by atoms with van der Waals surface area (Å²) in [5.41, 5.74) is 0.694. The van der Waals surface area contributed by atoms with Crippen molar-refractivity contribution in [1.82, 2.24) is 9.29 Å². The zero-order valence-corrected chi connectivity index (χ0v) is 18.8. The molecular formula is C19H26BrF3N2OS. The molecule has 0 aliphatic carbocycles. The summed E-state index contributed by atoms with van der Waals surface area (Å²) < 4.78 is 58.2. The van der Waals surface area contributed by atoms with E-state index < -0.39 is 28.3 Å². The smallest absolute Gasteiger partial charge is 0.412 e. The molecule has 2 atom stereocenters. The van der Waals surface area contributed by atoms with Crippen molar-refractivity contribution in [3.05, 3.63) is 34.4 Å². The van der Waals surface area contributed by atoms with Crippen LogP contribution in [0.25, 0.3) is 10.9 Å². The Morgan fingerprint density at radius 2 is 1.74 bits per heavy atom. The van der Waals surface area contributed by atoms with E-state index in [1.807, 2.05) is 31.4 Å². The first-order chi connectivity index (χ1) is 12.1. The molecule has 1 heterocycles. The van der Waals surface area contributed by atoms with Gasteiger partial charge in [0.2, 0.25) is 0 Å². The van der Waals surface area contributed by atoms with E-state index in [1.165, 1.54) is 6.20 Å². The zero-order chi connectivity index (χ0) is 20.8. The van der Waals surface area contributed by atoms with E-state index in [9.17, 15) is 17.7 Å². The molecule has 0 aliphatic rings. The highest BCUT2D eigenvalue weighted by atomic mass is 79.9. The Bertz CT molecular complexity index is 806. The number of benzene rings is 1. The third-order valence-corrected chi connectivity index (χ3v) is 5.99. The van der Waals surface area contributed by atoms with Gasteiger partial charge in [0.05, 0.1) is 0 Å². The van der Waals surface area contributed by atoms with E-state index in [-0.39, 0.29) is 11.0 Å². The van der Waals surface area contributed by atoms with E-state index in [4.69, 9.17) is 0 Å². The van der Waals surface area contributed by atoms with Crippen molar-refractivity contribution in [2.45, 2.75) is 65.1 Å². The van der Waals surface area contributed by atoms with Crippen molar-refractivity contribution in [3.8, 4) is 0 Å². The first-order valence-corrected chi connectivity index (χ1v) is 10.6. The minimum Gasteiger partial charge on any atom is -0.598 e. The molecule has 2 rings (SSSR count). The van der Waals surface area contributed by atoms with E-state index in [2.05, 4.69) is 20.7 Å². The molecule has 0 aliphatic heterocycles. The molecule has 0 spiro atoms. The van der Waals surface area contributed by atoms with Crippen LogP contribution in [-0.2, 0) is 17.9 Å². The minimum atomic E-state index is -4.57. The lowest BCUT2D eigenvalue weighted by Crippen LogP contribution is -2.45. The van der Waals surface area contributed by atoms with Crippen LogP contribution in [0.5, 0.6) is 0 Å². The number of fused-ring (bicyclic) bond motifs is 1. The Hall–Kier alpha value is -0.700. The highest BCUT2D eigenvalue weighted by Crippen LogP contribution is 2.40. The van der Waals surface area contributed by atoms with E-state index >= 15 is 0 Å². The molecule has 0 saturated heterocycles. The largest absolute Gasteiger partial charge is 0.598 e. The number of aromatic nitrogens is 1. The number of alkyl halides is 3. The lowest BCUT2D eigenvalue weighted by Gasteiger charge is -2.29. The molecule has 0 saturated carbocycles. The maximum Gasteiger partial charge on any atom is 0.412 e. The van der Waals surface area contributed by atoms with E-state index in [0.717, 1.165) is 4.47 Å². The van der Waals surface area contributed by atoms with Crippen LogP contribution in [-0.4, -0.2) is 20.0 Å². The van der Waals surface area contributed by atoms with Crippen LogP contribution >= 0.6 is 15.9 Å². The standard InChI is InChI=1S/C19H26BrF3N2OS/c1-17(2,3)11-25-10-14(13-8-7-12(20)9-15(13)25)16(19(21,22)23)24-27(26)18(4,5)6/h7-10,16,24H,11H2,1-6H3. The number of hydrogen-bond donors (Lipinski definition) is 1. The molecule has 27 heavy (non-hydrogen) atoms. The quantitative estimate of drug-likeness (QED) is 0.552. The lowest BCUT2D eigenvalue weighted by atomic mass is 9.97. The van der Waals surface area contributed by atoms with Crippen LogP contribution in [0, 0.1) is 5.41 Å². The zero-order valence-electron chi connectivity index (χ0n) is 16.4. The summed E-state index contributed by atoms with van der Waals surface area (Å²) in [5, 5.41) is 0.503. The highest BCUT2D eigenvalue weighted by molar-refractivity contribution is 9.10. The molecule has 2 aromatic rings. The predicted octanol–water partition coefficient (Wildman–Crippen LogP) is 6.11. The highest BCUT2D eigenvalue weighted by Gasteiger charge is 2.47. The van der Waals surface area contributed by atoms with Gasteiger partial charge in [-0.3, -0.25) is 0 Å². The molecule has 1 aromatic heterocycles. The Labute approximate surface area is 170 Å². The van der Waals surface area contributed by atoms with Gasteiger partial charge < -0.3 is 9.12 Å². The summed E-state index contributed by atoms with van der Waals surface area (Å²) in [7, 11) is 0. The molecule has 0 radical (unpaired) electrons. The second-order valence-corrected chi connectivity index (χ2v) is 11.8. The van der Waals surface area contributed by atoms with Gasteiger partial charge in [-0.05, 0) is 38.3 Å². The van der Waals surface area contributed by atoms with Gasteiger partial charge in [0.15, 0.2) is 6.04 Å². The van der Waals surface area contributed by atoms with Gasteiger partial charge in [-0.15, -0.1) is 4.72 Å². The molecule has 2 unspecified atom stereocenters. The Balaban J connectivity index is 2.62. The summed E-state index contributed by atoms with van der Waals surface area (Å²) in [6, 6.07) is 3.21. The van der Waals surface area contributed by atoms with Crippen LogP contribution in [0.4, 0.5) is 13.2 Å². The van der Waals surface area contributed by atoms with Crippen molar-refractivity contribution < 1.29 is 17.7 Å². The van der Waals surface area contributed by atoms with E-state index in [1.54, 1.807) is 32.9 Å². The fraction of sp³-hybridized carbons (Fsp3) is 0.579. The first-order valence-electron chi connectivity index (χ1n) is 8.63.